The van der Waals surface area contributed by atoms with Crippen LogP contribution in [0.3, 0.4) is 0 Å². The van der Waals surface area contributed by atoms with Crippen molar-refractivity contribution in [3.63, 3.8) is 0 Å². The van der Waals surface area contributed by atoms with Gasteiger partial charge in [-0.25, -0.2) is 4.79 Å². The van der Waals surface area contributed by atoms with Gasteiger partial charge in [-0.1, -0.05) is 17.7 Å². The second-order valence-electron chi connectivity index (χ2n) is 10.3. The summed E-state index contributed by atoms with van der Waals surface area (Å²) in [6, 6.07) is 11.6. The number of aromatic nitrogens is 3. The first kappa shape index (κ1) is 27.9. The third kappa shape index (κ3) is 7.10. The Morgan fingerprint density at radius 3 is 2.49 bits per heavy atom. The minimum absolute atomic E-state index is 0.0971. The molecular weight excluding hydrogens is 526 g/mol. The van der Waals surface area contributed by atoms with E-state index in [1.165, 1.54) is 6.07 Å². The number of aromatic hydroxyl groups is 1. The molecule has 3 heterocycles. The summed E-state index contributed by atoms with van der Waals surface area (Å²) in [6.07, 6.45) is 0.710. The lowest BCUT2D eigenvalue weighted by atomic mass is 10.0. The van der Waals surface area contributed by atoms with Crippen molar-refractivity contribution in [2.24, 2.45) is 11.5 Å². The Morgan fingerprint density at radius 2 is 1.80 bits per heavy atom. The van der Waals surface area contributed by atoms with Crippen molar-refractivity contribution in [1.29, 1.82) is 0 Å². The maximum atomic E-state index is 12.6. The number of benzene rings is 2. The van der Waals surface area contributed by atoms with Crippen LogP contribution in [0.1, 0.15) is 22.3 Å². The number of carbonyl (C=O) groups is 2. The lowest BCUT2D eigenvalue weighted by Gasteiger charge is -2.34. The second-order valence-corrected chi connectivity index (χ2v) is 10.3. The Balaban J connectivity index is 1.32. The van der Waals surface area contributed by atoms with Gasteiger partial charge in [0.1, 0.15) is 5.75 Å². The molecule has 216 valence electrons. The lowest BCUT2D eigenvalue weighted by molar-refractivity contribution is 0.102. The molecule has 2 aliphatic rings. The van der Waals surface area contributed by atoms with Gasteiger partial charge in [0.15, 0.2) is 0 Å². The highest BCUT2D eigenvalue weighted by molar-refractivity contribution is 6.05. The zero-order chi connectivity index (χ0) is 28.9. The van der Waals surface area contributed by atoms with Gasteiger partial charge in [-0.05, 0) is 37.6 Å². The Bertz CT molecular complexity index is 1390. The summed E-state index contributed by atoms with van der Waals surface area (Å²) < 4.78 is 0. The summed E-state index contributed by atoms with van der Waals surface area (Å²) in [5, 5.41) is 22.4. The predicted molar refractivity (Wildman–Crippen MR) is 157 cm³/mol. The zero-order valence-corrected chi connectivity index (χ0v) is 22.8. The molecule has 41 heavy (non-hydrogen) atoms. The molecule has 14 heteroatoms. The first-order chi connectivity index (χ1) is 19.7. The topological polar surface area (TPSA) is 200 Å². The molecule has 2 aliphatic heterocycles. The molecule has 2 atom stereocenters. The number of nitrogens with two attached hydrogens (primary N) is 2. The van der Waals surface area contributed by atoms with Crippen molar-refractivity contribution in [2.45, 2.75) is 25.4 Å². The number of aryl methyl sites for hydroxylation is 1. The number of phenolic OH excluding ortho intramolecular Hbond substituents is 1. The SMILES string of the molecule is Cc1ccc(C(=O)Nc2ccc(Nc3nc(NCCN4CCNC4=O)nc(N4C[C@H](N)C[C@H](N)C4)n3)cc2O)cc1. The van der Waals surface area contributed by atoms with Gasteiger partial charge in [0.25, 0.3) is 5.91 Å². The van der Waals surface area contributed by atoms with Crippen molar-refractivity contribution in [2.75, 3.05) is 60.1 Å². The van der Waals surface area contributed by atoms with Crippen LogP contribution in [0.4, 0.5) is 34.0 Å². The maximum absolute atomic E-state index is 12.6. The summed E-state index contributed by atoms with van der Waals surface area (Å²) in [7, 11) is 0. The molecule has 0 bridgehead atoms. The fourth-order valence-electron chi connectivity index (χ4n) is 4.75. The van der Waals surface area contributed by atoms with E-state index in [1.807, 2.05) is 24.0 Å². The third-order valence-electron chi connectivity index (χ3n) is 6.85. The van der Waals surface area contributed by atoms with E-state index >= 15 is 0 Å². The normalized spacial score (nSPS) is 18.7. The fraction of sp³-hybridized carbons (Fsp3) is 0.370. The van der Waals surface area contributed by atoms with Crippen molar-refractivity contribution in [3.05, 3.63) is 53.6 Å². The van der Waals surface area contributed by atoms with Crippen LogP contribution < -0.4 is 37.6 Å². The van der Waals surface area contributed by atoms with E-state index in [4.69, 9.17) is 11.5 Å². The van der Waals surface area contributed by atoms with E-state index in [0.29, 0.717) is 68.8 Å². The molecule has 1 aromatic heterocycles. The van der Waals surface area contributed by atoms with E-state index in [1.54, 1.807) is 29.2 Å². The number of nitrogens with one attached hydrogen (secondary N) is 4. The number of amides is 3. The highest BCUT2D eigenvalue weighted by atomic mass is 16.3. The predicted octanol–water partition coefficient (Wildman–Crippen LogP) is 1.18. The van der Waals surface area contributed by atoms with Crippen LogP contribution in [-0.4, -0.2) is 88.2 Å². The molecule has 5 rings (SSSR count). The van der Waals surface area contributed by atoms with Gasteiger partial charge in [-0.2, -0.15) is 15.0 Å². The van der Waals surface area contributed by atoms with Gasteiger partial charge in [0, 0.05) is 68.7 Å². The number of hydrogen-bond acceptors (Lipinski definition) is 11. The van der Waals surface area contributed by atoms with E-state index in [9.17, 15) is 14.7 Å². The molecule has 9 N–H and O–H groups in total. The van der Waals surface area contributed by atoms with Crippen molar-refractivity contribution < 1.29 is 14.7 Å². The van der Waals surface area contributed by atoms with Crippen LogP contribution in [0.5, 0.6) is 5.75 Å². The molecule has 2 fully saturated rings. The third-order valence-corrected chi connectivity index (χ3v) is 6.85. The average Bonchev–Trinajstić information content (AvgIpc) is 3.34. The number of hydrogen-bond donors (Lipinski definition) is 7. The van der Waals surface area contributed by atoms with E-state index in [0.717, 1.165) is 5.56 Å². The molecule has 3 aromatic rings. The van der Waals surface area contributed by atoms with Crippen molar-refractivity contribution in [1.82, 2.24) is 25.2 Å². The van der Waals surface area contributed by atoms with Crippen molar-refractivity contribution in [3.8, 4) is 5.75 Å². The number of phenols is 1. The monoisotopic (exact) mass is 561 g/mol. The highest BCUT2D eigenvalue weighted by Crippen LogP contribution is 2.29. The first-order valence-electron chi connectivity index (χ1n) is 13.5. The highest BCUT2D eigenvalue weighted by Gasteiger charge is 2.26. The quantitative estimate of drug-likeness (QED) is 0.185. The number of nitrogens with zero attached hydrogens (tertiary/aromatic N) is 5. The molecular formula is C27H35N11O3. The smallest absolute Gasteiger partial charge is 0.317 e. The number of rotatable bonds is 9. The van der Waals surface area contributed by atoms with Crippen LogP contribution >= 0.6 is 0 Å². The van der Waals surface area contributed by atoms with Crippen LogP contribution in [0, 0.1) is 6.92 Å². The molecule has 0 unspecified atom stereocenters. The van der Waals surface area contributed by atoms with Crippen LogP contribution in [0.15, 0.2) is 42.5 Å². The van der Waals surface area contributed by atoms with E-state index in [-0.39, 0.29) is 41.4 Å². The maximum Gasteiger partial charge on any atom is 0.317 e. The molecule has 0 aliphatic carbocycles. The number of carbonyl (C=O) groups excluding carboxylic acids is 2. The summed E-state index contributed by atoms with van der Waals surface area (Å²) in [6.45, 7) is 5.22. The molecule has 2 aromatic carbocycles. The van der Waals surface area contributed by atoms with Gasteiger partial charge >= 0.3 is 6.03 Å². The van der Waals surface area contributed by atoms with Crippen LogP contribution in [-0.2, 0) is 0 Å². The van der Waals surface area contributed by atoms with Gasteiger partial charge in [-0.3, -0.25) is 4.79 Å². The molecule has 0 radical (unpaired) electrons. The summed E-state index contributed by atoms with van der Waals surface area (Å²) >= 11 is 0. The average molecular weight is 562 g/mol. The lowest BCUT2D eigenvalue weighted by Crippen LogP contribution is -2.52. The van der Waals surface area contributed by atoms with E-state index in [2.05, 4.69) is 36.2 Å². The number of urea groups is 1. The number of anilines is 5. The van der Waals surface area contributed by atoms with Gasteiger partial charge in [0.2, 0.25) is 17.8 Å². The minimum Gasteiger partial charge on any atom is -0.506 e. The van der Waals surface area contributed by atoms with Crippen LogP contribution in [0.25, 0.3) is 0 Å². The molecule has 2 saturated heterocycles. The second kappa shape index (κ2) is 12.2. The van der Waals surface area contributed by atoms with Gasteiger partial charge in [0.05, 0.1) is 5.69 Å². The molecule has 0 saturated carbocycles. The van der Waals surface area contributed by atoms with Gasteiger partial charge < -0.3 is 47.6 Å². The van der Waals surface area contributed by atoms with Crippen LogP contribution in [0.2, 0.25) is 0 Å². The zero-order valence-electron chi connectivity index (χ0n) is 22.8. The summed E-state index contributed by atoms with van der Waals surface area (Å²) in [5.41, 5.74) is 14.7. The summed E-state index contributed by atoms with van der Waals surface area (Å²) in [4.78, 5) is 41.7. The Kier molecular flexibility index (Phi) is 8.31. The molecule has 0 spiro atoms. The molecule has 3 amide bonds. The molecule has 14 nitrogen and oxygen atoms in total. The minimum atomic E-state index is -0.330. The van der Waals surface area contributed by atoms with E-state index < -0.39 is 0 Å². The summed E-state index contributed by atoms with van der Waals surface area (Å²) in [5.74, 6) is 0.500. The Morgan fingerprint density at radius 1 is 1.07 bits per heavy atom. The van der Waals surface area contributed by atoms with Crippen molar-refractivity contribution >= 4 is 41.2 Å². The fourth-order valence-corrected chi connectivity index (χ4v) is 4.75. The largest absolute Gasteiger partial charge is 0.506 e. The number of piperidine rings is 1. The van der Waals surface area contributed by atoms with Gasteiger partial charge in [-0.15, -0.1) is 0 Å². The Hall–Kier alpha value is -4.69. The Labute approximate surface area is 237 Å². The standard InChI is InChI=1S/C27H35N11O3/c1-16-2-4-17(5-3-16)23(40)33-21-7-6-20(13-22(21)39)32-25-34-24(30-8-10-37-11-9-31-27(37)41)35-26(36-25)38-14-18(28)12-19(29)15-38/h2-7,13,18-19,39H,8-12,14-15,28-29H2,1H3,(H,31,41)(H,33,40)(H2,30,32,34,35,36)/t18-,19+. The first-order valence-corrected chi connectivity index (χ1v) is 13.5.